The number of carboxylic acids is 1. The van der Waals surface area contributed by atoms with Gasteiger partial charge in [0.1, 0.15) is 6.10 Å². The van der Waals surface area contributed by atoms with E-state index in [2.05, 4.69) is 10.1 Å². The maximum atomic E-state index is 12.6. The monoisotopic (exact) mass is 321 g/mol. The van der Waals surface area contributed by atoms with Gasteiger partial charge in [-0.2, -0.15) is 0 Å². The number of carbonyl (C=O) groups is 2. The smallest absolute Gasteiger partial charge is 0.305 e. The first-order chi connectivity index (χ1) is 11.1. The van der Waals surface area contributed by atoms with Crippen molar-refractivity contribution < 1.29 is 19.5 Å². The Labute approximate surface area is 135 Å². The average Bonchev–Trinajstić information content (AvgIpc) is 3.17. The number of likely N-dealkylation sites (tertiary alicyclic amines) is 2. The first-order valence-corrected chi connectivity index (χ1v) is 8.59. The SMILES string of the molecule is O=C(O)CC1(N2C[C@@H]3C(C(=O)N4CCCC4)=NO[C@@H]3C2)CCC1. The van der Waals surface area contributed by atoms with E-state index in [4.69, 9.17) is 4.84 Å². The Balaban J connectivity index is 1.46. The Hall–Kier alpha value is -1.63. The van der Waals surface area contributed by atoms with Crippen LogP contribution in [0.15, 0.2) is 5.16 Å². The molecule has 3 fully saturated rings. The highest BCUT2D eigenvalue weighted by atomic mass is 16.6. The number of nitrogens with zero attached hydrogens (tertiary/aromatic N) is 3. The third kappa shape index (κ3) is 2.41. The molecule has 1 aliphatic carbocycles. The van der Waals surface area contributed by atoms with Crippen molar-refractivity contribution in [3.05, 3.63) is 0 Å². The summed E-state index contributed by atoms with van der Waals surface area (Å²) < 4.78 is 0. The van der Waals surface area contributed by atoms with Gasteiger partial charge >= 0.3 is 5.97 Å². The van der Waals surface area contributed by atoms with Crippen LogP contribution in [0.2, 0.25) is 0 Å². The van der Waals surface area contributed by atoms with Gasteiger partial charge in [0.2, 0.25) is 0 Å². The van der Waals surface area contributed by atoms with Gasteiger partial charge in [-0.25, -0.2) is 0 Å². The molecule has 0 spiro atoms. The molecule has 0 aromatic rings. The number of oxime groups is 1. The third-order valence-electron chi connectivity index (χ3n) is 5.95. The maximum absolute atomic E-state index is 12.6. The molecule has 1 saturated carbocycles. The number of hydrogen-bond acceptors (Lipinski definition) is 5. The lowest BCUT2D eigenvalue weighted by atomic mass is 9.73. The molecule has 7 heteroatoms. The zero-order chi connectivity index (χ0) is 16.0. The van der Waals surface area contributed by atoms with Gasteiger partial charge in [-0.15, -0.1) is 0 Å². The fourth-order valence-corrected chi connectivity index (χ4v) is 4.47. The Morgan fingerprint density at radius 2 is 1.96 bits per heavy atom. The van der Waals surface area contributed by atoms with Gasteiger partial charge in [0.15, 0.2) is 5.71 Å². The quantitative estimate of drug-likeness (QED) is 0.824. The lowest BCUT2D eigenvalue weighted by Gasteiger charge is -2.48. The highest BCUT2D eigenvalue weighted by molar-refractivity contribution is 6.40. The third-order valence-corrected chi connectivity index (χ3v) is 5.95. The number of aliphatic carboxylic acids is 1. The van der Waals surface area contributed by atoms with Crippen molar-refractivity contribution in [2.45, 2.75) is 50.2 Å². The van der Waals surface area contributed by atoms with Crippen LogP contribution in [0.3, 0.4) is 0 Å². The van der Waals surface area contributed by atoms with Gasteiger partial charge < -0.3 is 14.8 Å². The lowest BCUT2D eigenvalue weighted by Crippen LogP contribution is -2.54. The summed E-state index contributed by atoms with van der Waals surface area (Å²) in [5.74, 6) is -0.739. The van der Waals surface area contributed by atoms with E-state index in [-0.39, 0.29) is 29.9 Å². The Kier molecular flexibility index (Phi) is 3.55. The number of fused-ring (bicyclic) bond motifs is 1. The van der Waals surface area contributed by atoms with Crippen LogP contribution in [0.5, 0.6) is 0 Å². The second-order valence-corrected chi connectivity index (χ2v) is 7.28. The largest absolute Gasteiger partial charge is 0.481 e. The topological polar surface area (TPSA) is 82.4 Å². The molecule has 126 valence electrons. The molecular weight excluding hydrogens is 298 g/mol. The van der Waals surface area contributed by atoms with Crippen LogP contribution in [0.25, 0.3) is 0 Å². The van der Waals surface area contributed by atoms with Gasteiger partial charge in [-0.3, -0.25) is 14.5 Å². The second-order valence-electron chi connectivity index (χ2n) is 7.28. The summed E-state index contributed by atoms with van der Waals surface area (Å²) in [4.78, 5) is 33.5. The van der Waals surface area contributed by atoms with Crippen molar-refractivity contribution >= 4 is 17.6 Å². The minimum atomic E-state index is -0.746. The number of carboxylic acid groups (broad SMARTS) is 1. The number of carbonyl (C=O) groups excluding carboxylic acids is 1. The molecule has 3 heterocycles. The van der Waals surface area contributed by atoms with E-state index >= 15 is 0 Å². The maximum Gasteiger partial charge on any atom is 0.305 e. The molecule has 1 N–H and O–H groups in total. The molecule has 0 radical (unpaired) electrons. The molecule has 0 aromatic heterocycles. The molecule has 2 saturated heterocycles. The number of amides is 1. The zero-order valence-electron chi connectivity index (χ0n) is 13.2. The van der Waals surface area contributed by atoms with Gasteiger partial charge in [-0.05, 0) is 32.1 Å². The molecule has 0 bridgehead atoms. The molecular formula is C16H23N3O4. The highest BCUT2D eigenvalue weighted by Crippen LogP contribution is 2.44. The van der Waals surface area contributed by atoms with Crippen LogP contribution in [0.1, 0.15) is 38.5 Å². The molecule has 0 unspecified atom stereocenters. The van der Waals surface area contributed by atoms with E-state index in [1.165, 1.54) is 0 Å². The van der Waals surface area contributed by atoms with E-state index in [0.717, 1.165) is 45.2 Å². The van der Waals surface area contributed by atoms with E-state index in [1.54, 1.807) is 0 Å². The fraction of sp³-hybridized carbons (Fsp3) is 0.812. The van der Waals surface area contributed by atoms with Crippen LogP contribution >= 0.6 is 0 Å². The number of hydrogen-bond donors (Lipinski definition) is 1. The van der Waals surface area contributed by atoms with Crippen molar-refractivity contribution in [3.8, 4) is 0 Å². The van der Waals surface area contributed by atoms with Crippen molar-refractivity contribution in [3.63, 3.8) is 0 Å². The van der Waals surface area contributed by atoms with Crippen LogP contribution < -0.4 is 0 Å². The van der Waals surface area contributed by atoms with E-state index in [9.17, 15) is 14.7 Å². The van der Waals surface area contributed by atoms with Crippen molar-refractivity contribution in [1.29, 1.82) is 0 Å². The first kappa shape index (κ1) is 14.9. The molecule has 1 amide bonds. The normalized spacial score (nSPS) is 32.2. The Morgan fingerprint density at radius 1 is 1.22 bits per heavy atom. The van der Waals surface area contributed by atoms with E-state index in [1.807, 2.05) is 4.90 Å². The van der Waals surface area contributed by atoms with Crippen molar-refractivity contribution in [1.82, 2.24) is 9.80 Å². The minimum Gasteiger partial charge on any atom is -0.481 e. The molecule has 23 heavy (non-hydrogen) atoms. The minimum absolute atomic E-state index is 0.00521. The molecule has 4 rings (SSSR count). The summed E-state index contributed by atoms with van der Waals surface area (Å²) in [6, 6.07) is 0. The molecule has 2 atom stereocenters. The summed E-state index contributed by atoms with van der Waals surface area (Å²) in [5.41, 5.74) is 0.311. The standard InChI is InChI=1S/C16H23N3O4/c20-13(21)8-16(4-3-5-16)19-9-11-12(10-19)23-17-14(11)15(22)18-6-1-2-7-18/h11-12H,1-10H2,(H,20,21)/t11-,12+/m0/s1. The van der Waals surface area contributed by atoms with Gasteiger partial charge in [-0.1, -0.05) is 5.16 Å². The summed E-state index contributed by atoms with van der Waals surface area (Å²) >= 11 is 0. The van der Waals surface area contributed by atoms with Crippen LogP contribution in [0.4, 0.5) is 0 Å². The molecule has 0 aromatic carbocycles. The van der Waals surface area contributed by atoms with Crippen molar-refractivity contribution in [2.24, 2.45) is 11.1 Å². The summed E-state index contributed by atoms with van der Waals surface area (Å²) in [6.45, 7) is 2.98. The zero-order valence-corrected chi connectivity index (χ0v) is 13.2. The van der Waals surface area contributed by atoms with Gasteiger partial charge in [0, 0.05) is 31.7 Å². The summed E-state index contributed by atoms with van der Waals surface area (Å²) in [6.07, 6.45) is 5.12. The van der Waals surface area contributed by atoms with Crippen LogP contribution in [0, 0.1) is 5.92 Å². The van der Waals surface area contributed by atoms with Gasteiger partial charge in [0.05, 0.1) is 12.3 Å². The molecule has 3 aliphatic heterocycles. The summed E-state index contributed by atoms with van der Waals surface area (Å²) in [7, 11) is 0. The predicted octanol–water partition coefficient (Wildman–Crippen LogP) is 0.693. The second kappa shape index (κ2) is 5.47. The molecule has 7 nitrogen and oxygen atoms in total. The molecule has 4 aliphatic rings. The first-order valence-electron chi connectivity index (χ1n) is 8.59. The lowest BCUT2D eigenvalue weighted by molar-refractivity contribution is -0.142. The predicted molar refractivity (Wildman–Crippen MR) is 82.0 cm³/mol. The fourth-order valence-electron chi connectivity index (χ4n) is 4.47. The van der Waals surface area contributed by atoms with Crippen LogP contribution in [-0.2, 0) is 14.4 Å². The van der Waals surface area contributed by atoms with Crippen molar-refractivity contribution in [2.75, 3.05) is 26.2 Å². The van der Waals surface area contributed by atoms with Gasteiger partial charge in [0.25, 0.3) is 5.91 Å². The average molecular weight is 321 g/mol. The Morgan fingerprint density at radius 3 is 2.57 bits per heavy atom. The summed E-state index contributed by atoms with van der Waals surface area (Å²) in [5, 5.41) is 13.3. The van der Waals surface area contributed by atoms with Crippen LogP contribution in [-0.4, -0.2) is 70.3 Å². The number of rotatable bonds is 4. The highest BCUT2D eigenvalue weighted by Gasteiger charge is 2.53. The van der Waals surface area contributed by atoms with E-state index in [0.29, 0.717) is 18.8 Å². The van der Waals surface area contributed by atoms with E-state index < -0.39 is 5.97 Å². The Bertz CT molecular complexity index is 552.